The summed E-state index contributed by atoms with van der Waals surface area (Å²) in [5, 5.41) is 12.7. The molecule has 0 saturated carbocycles. The van der Waals surface area contributed by atoms with Crippen LogP contribution < -0.4 is 5.32 Å². The van der Waals surface area contributed by atoms with Crippen molar-refractivity contribution in [3.8, 4) is 6.07 Å². The predicted octanol–water partition coefficient (Wildman–Crippen LogP) is 3.68. The van der Waals surface area contributed by atoms with Gasteiger partial charge in [-0.05, 0) is 49.7 Å². The Balaban J connectivity index is 2.26. The van der Waals surface area contributed by atoms with Crippen molar-refractivity contribution in [3.05, 3.63) is 47.2 Å². The molecule has 0 aliphatic carbocycles. The standard InChI is InChI=1S/C16H15N3OS/c1-10-8-11(2)18-16(15(10)9-17)21-14-6-4-13(5-7-14)19-12(3)20/h4-8H,1-3H3,(H,19,20). The Morgan fingerprint density at radius 2 is 1.95 bits per heavy atom. The Morgan fingerprint density at radius 3 is 2.52 bits per heavy atom. The van der Waals surface area contributed by atoms with E-state index in [1.165, 1.54) is 18.7 Å². The highest BCUT2D eigenvalue weighted by molar-refractivity contribution is 7.99. The summed E-state index contributed by atoms with van der Waals surface area (Å²) in [6, 6.07) is 11.6. The molecule has 0 aliphatic heterocycles. The first-order valence-corrected chi connectivity index (χ1v) is 7.25. The topological polar surface area (TPSA) is 65.8 Å². The number of amides is 1. The van der Waals surface area contributed by atoms with Crippen LogP contribution in [0, 0.1) is 25.2 Å². The molecule has 0 aliphatic rings. The molecule has 0 fully saturated rings. The number of anilines is 1. The minimum absolute atomic E-state index is 0.0989. The summed E-state index contributed by atoms with van der Waals surface area (Å²) < 4.78 is 0. The molecule has 1 aromatic carbocycles. The Kier molecular flexibility index (Phi) is 4.61. The van der Waals surface area contributed by atoms with Gasteiger partial charge in [0.15, 0.2) is 0 Å². The zero-order valence-electron chi connectivity index (χ0n) is 12.1. The van der Waals surface area contributed by atoms with Crippen LogP contribution in [0.4, 0.5) is 5.69 Å². The van der Waals surface area contributed by atoms with Gasteiger partial charge in [0.05, 0.1) is 5.56 Å². The Morgan fingerprint density at radius 1 is 1.29 bits per heavy atom. The van der Waals surface area contributed by atoms with Crippen molar-refractivity contribution in [1.82, 2.24) is 4.98 Å². The van der Waals surface area contributed by atoms with Gasteiger partial charge in [0.2, 0.25) is 5.91 Å². The second kappa shape index (κ2) is 6.42. The highest BCUT2D eigenvalue weighted by Gasteiger charge is 2.10. The fourth-order valence-electron chi connectivity index (χ4n) is 1.93. The summed E-state index contributed by atoms with van der Waals surface area (Å²) >= 11 is 1.45. The van der Waals surface area contributed by atoms with Gasteiger partial charge in [0, 0.05) is 23.2 Å². The van der Waals surface area contributed by atoms with Crippen molar-refractivity contribution in [3.63, 3.8) is 0 Å². The van der Waals surface area contributed by atoms with Gasteiger partial charge < -0.3 is 5.32 Å². The molecule has 0 spiro atoms. The van der Waals surface area contributed by atoms with E-state index in [1.807, 2.05) is 44.2 Å². The number of aromatic nitrogens is 1. The van der Waals surface area contributed by atoms with Crippen LogP contribution in [0.15, 0.2) is 40.3 Å². The number of rotatable bonds is 3. The fourth-order valence-corrected chi connectivity index (χ4v) is 2.93. The SMILES string of the molecule is CC(=O)Nc1ccc(Sc2nc(C)cc(C)c2C#N)cc1. The van der Waals surface area contributed by atoms with Crippen LogP contribution >= 0.6 is 11.8 Å². The average molecular weight is 297 g/mol. The number of pyridine rings is 1. The maximum absolute atomic E-state index is 11.0. The van der Waals surface area contributed by atoms with Crippen LogP contribution in [-0.2, 0) is 4.79 Å². The number of aryl methyl sites for hydroxylation is 2. The lowest BCUT2D eigenvalue weighted by atomic mass is 10.1. The Bertz CT molecular complexity index is 718. The molecule has 2 rings (SSSR count). The molecule has 1 aromatic heterocycles. The predicted molar refractivity (Wildman–Crippen MR) is 83.3 cm³/mol. The molecule has 5 heteroatoms. The van der Waals surface area contributed by atoms with Gasteiger partial charge in [0.25, 0.3) is 0 Å². The molecule has 1 amide bonds. The smallest absolute Gasteiger partial charge is 0.221 e. The molecular formula is C16H15N3OS. The Labute approximate surface area is 128 Å². The van der Waals surface area contributed by atoms with Crippen LogP contribution in [-0.4, -0.2) is 10.9 Å². The average Bonchev–Trinajstić information content (AvgIpc) is 2.40. The minimum atomic E-state index is -0.0989. The van der Waals surface area contributed by atoms with E-state index in [9.17, 15) is 10.1 Å². The Hall–Kier alpha value is -2.32. The molecular weight excluding hydrogens is 282 g/mol. The summed E-state index contributed by atoms with van der Waals surface area (Å²) in [7, 11) is 0. The maximum atomic E-state index is 11.0. The molecule has 1 heterocycles. The number of hydrogen-bond acceptors (Lipinski definition) is 4. The maximum Gasteiger partial charge on any atom is 0.221 e. The van der Waals surface area contributed by atoms with Crippen LogP contribution in [0.5, 0.6) is 0 Å². The summed E-state index contributed by atoms with van der Waals surface area (Å²) in [4.78, 5) is 16.4. The molecule has 0 bridgehead atoms. The lowest BCUT2D eigenvalue weighted by molar-refractivity contribution is -0.114. The first-order chi connectivity index (χ1) is 9.99. The summed E-state index contributed by atoms with van der Waals surface area (Å²) in [6.45, 7) is 5.30. The van der Waals surface area contributed by atoms with Crippen LogP contribution in [0.3, 0.4) is 0 Å². The summed E-state index contributed by atoms with van der Waals surface area (Å²) in [5.41, 5.74) is 3.18. The number of carbonyl (C=O) groups excluding carboxylic acids is 1. The third-order valence-electron chi connectivity index (χ3n) is 2.81. The van der Waals surface area contributed by atoms with Crippen LogP contribution in [0.2, 0.25) is 0 Å². The molecule has 21 heavy (non-hydrogen) atoms. The van der Waals surface area contributed by atoms with Crippen LogP contribution in [0.1, 0.15) is 23.7 Å². The van der Waals surface area contributed by atoms with Crippen molar-refractivity contribution < 1.29 is 4.79 Å². The molecule has 2 aromatic rings. The van der Waals surface area contributed by atoms with E-state index < -0.39 is 0 Å². The van der Waals surface area contributed by atoms with E-state index in [0.717, 1.165) is 21.8 Å². The summed E-state index contributed by atoms with van der Waals surface area (Å²) in [5.74, 6) is -0.0989. The van der Waals surface area contributed by atoms with Gasteiger partial charge in [-0.1, -0.05) is 11.8 Å². The number of nitriles is 1. The van der Waals surface area contributed by atoms with Crippen molar-refractivity contribution in [1.29, 1.82) is 5.26 Å². The lowest BCUT2D eigenvalue weighted by Gasteiger charge is -2.08. The highest BCUT2D eigenvalue weighted by atomic mass is 32.2. The summed E-state index contributed by atoms with van der Waals surface area (Å²) in [6.07, 6.45) is 0. The largest absolute Gasteiger partial charge is 0.326 e. The van der Waals surface area contributed by atoms with Gasteiger partial charge in [-0.15, -0.1) is 0 Å². The number of nitrogens with zero attached hydrogens (tertiary/aromatic N) is 2. The number of carbonyl (C=O) groups is 1. The lowest BCUT2D eigenvalue weighted by Crippen LogP contribution is -2.05. The quantitative estimate of drug-likeness (QED) is 0.938. The van der Waals surface area contributed by atoms with E-state index in [1.54, 1.807) is 0 Å². The molecule has 1 N–H and O–H groups in total. The van der Waals surface area contributed by atoms with Crippen molar-refractivity contribution in [2.24, 2.45) is 0 Å². The monoisotopic (exact) mass is 297 g/mol. The van der Waals surface area contributed by atoms with E-state index in [2.05, 4.69) is 16.4 Å². The number of benzene rings is 1. The van der Waals surface area contributed by atoms with Gasteiger partial charge in [-0.3, -0.25) is 4.79 Å². The molecule has 0 saturated heterocycles. The molecule has 0 unspecified atom stereocenters. The van der Waals surface area contributed by atoms with E-state index in [4.69, 9.17) is 0 Å². The molecule has 0 radical (unpaired) electrons. The number of hydrogen-bond donors (Lipinski definition) is 1. The molecule has 4 nitrogen and oxygen atoms in total. The van der Waals surface area contributed by atoms with Gasteiger partial charge in [0.1, 0.15) is 11.1 Å². The minimum Gasteiger partial charge on any atom is -0.326 e. The first-order valence-electron chi connectivity index (χ1n) is 6.43. The zero-order valence-corrected chi connectivity index (χ0v) is 12.9. The first kappa shape index (κ1) is 15.1. The van der Waals surface area contributed by atoms with Crippen molar-refractivity contribution in [2.75, 3.05) is 5.32 Å². The normalized spacial score (nSPS) is 10.0. The van der Waals surface area contributed by atoms with Crippen molar-refractivity contribution in [2.45, 2.75) is 30.7 Å². The van der Waals surface area contributed by atoms with Gasteiger partial charge in [-0.2, -0.15) is 5.26 Å². The third kappa shape index (κ3) is 3.83. The second-order valence-electron chi connectivity index (χ2n) is 4.68. The molecule has 0 atom stereocenters. The second-order valence-corrected chi connectivity index (χ2v) is 5.74. The van der Waals surface area contributed by atoms with Gasteiger partial charge in [-0.25, -0.2) is 4.98 Å². The van der Waals surface area contributed by atoms with E-state index >= 15 is 0 Å². The molecule has 106 valence electrons. The van der Waals surface area contributed by atoms with Gasteiger partial charge >= 0.3 is 0 Å². The van der Waals surface area contributed by atoms with Crippen LogP contribution in [0.25, 0.3) is 0 Å². The zero-order chi connectivity index (χ0) is 15.4. The van der Waals surface area contributed by atoms with Crippen molar-refractivity contribution >= 4 is 23.4 Å². The number of nitrogens with one attached hydrogen (secondary N) is 1. The highest BCUT2D eigenvalue weighted by Crippen LogP contribution is 2.31. The third-order valence-corrected chi connectivity index (χ3v) is 3.81. The fraction of sp³-hybridized carbons (Fsp3) is 0.188. The van der Waals surface area contributed by atoms with E-state index in [-0.39, 0.29) is 5.91 Å². The van der Waals surface area contributed by atoms with E-state index in [0.29, 0.717) is 10.6 Å².